The number of hydrogen-bond acceptors (Lipinski definition) is 4. The number of hydrogen-bond donors (Lipinski definition) is 0. The molecule has 0 N–H and O–H groups in total. The summed E-state index contributed by atoms with van der Waals surface area (Å²) in [5.41, 5.74) is -1.15. The molecule has 106 valence electrons. The minimum atomic E-state index is -4.60. The summed E-state index contributed by atoms with van der Waals surface area (Å²) in [6, 6.07) is 7.54. The molecule has 2 rings (SSSR count). The smallest absolute Gasteiger partial charge is 0.433 e. The Morgan fingerprint density at radius 2 is 1.80 bits per heavy atom. The lowest BCUT2D eigenvalue weighted by Gasteiger charge is -2.09. The highest BCUT2D eigenvalue weighted by Gasteiger charge is 2.33. The van der Waals surface area contributed by atoms with Crippen molar-refractivity contribution in [3.63, 3.8) is 0 Å². The monoisotopic (exact) mass is 320 g/mol. The van der Waals surface area contributed by atoms with Crippen LogP contribution in [0.5, 0.6) is 11.6 Å². The van der Waals surface area contributed by atoms with Gasteiger partial charge in [-0.05, 0) is 42.1 Å². The van der Waals surface area contributed by atoms with Crippen molar-refractivity contribution >= 4 is 23.4 Å². The van der Waals surface area contributed by atoms with Crippen LogP contribution in [-0.2, 0) is 6.18 Å². The molecular formula is C12H8ClF3N2OS. The summed E-state index contributed by atoms with van der Waals surface area (Å²) >= 11 is 7.01. The number of ether oxygens (including phenoxy) is 1. The first-order valence-electron chi connectivity index (χ1n) is 5.32. The second-order valence-corrected chi connectivity index (χ2v) is 4.85. The maximum Gasteiger partial charge on any atom is 0.433 e. The average molecular weight is 321 g/mol. The molecule has 8 heteroatoms. The van der Waals surface area contributed by atoms with Gasteiger partial charge in [0.2, 0.25) is 11.2 Å². The minimum absolute atomic E-state index is 0.255. The summed E-state index contributed by atoms with van der Waals surface area (Å²) in [5, 5.41) is -0.518. The first-order chi connectivity index (χ1) is 9.38. The fraction of sp³-hybridized carbons (Fsp3) is 0.167. The summed E-state index contributed by atoms with van der Waals surface area (Å²) in [7, 11) is 0. The highest BCUT2D eigenvalue weighted by Crippen LogP contribution is 2.31. The van der Waals surface area contributed by atoms with Crippen molar-refractivity contribution in [2.75, 3.05) is 6.26 Å². The topological polar surface area (TPSA) is 35.0 Å². The summed E-state index contributed by atoms with van der Waals surface area (Å²) < 4.78 is 43.0. The fourth-order valence-corrected chi connectivity index (χ4v) is 1.94. The van der Waals surface area contributed by atoms with E-state index >= 15 is 0 Å². The largest absolute Gasteiger partial charge is 0.439 e. The number of nitrogens with zero attached hydrogens (tertiary/aromatic N) is 2. The van der Waals surface area contributed by atoms with Crippen LogP contribution in [0.4, 0.5) is 13.2 Å². The molecule has 0 radical (unpaired) electrons. The van der Waals surface area contributed by atoms with E-state index < -0.39 is 17.2 Å². The summed E-state index contributed by atoms with van der Waals surface area (Å²) in [5.74, 6) is 0.111. The molecule has 0 saturated carbocycles. The van der Waals surface area contributed by atoms with Crippen molar-refractivity contribution in [1.82, 2.24) is 9.97 Å². The van der Waals surface area contributed by atoms with Crippen molar-refractivity contribution < 1.29 is 17.9 Å². The maximum atomic E-state index is 12.6. The van der Waals surface area contributed by atoms with E-state index in [-0.39, 0.29) is 5.88 Å². The van der Waals surface area contributed by atoms with Gasteiger partial charge in [-0.25, -0.2) is 4.98 Å². The third-order valence-electron chi connectivity index (χ3n) is 2.25. The van der Waals surface area contributed by atoms with Crippen LogP contribution in [0.25, 0.3) is 0 Å². The van der Waals surface area contributed by atoms with Crippen LogP contribution in [0.1, 0.15) is 5.69 Å². The molecule has 0 spiro atoms. The van der Waals surface area contributed by atoms with Gasteiger partial charge in [0.1, 0.15) is 5.75 Å². The maximum absolute atomic E-state index is 12.6. The second kappa shape index (κ2) is 5.88. The molecule has 0 atom stereocenters. The Labute approximate surface area is 122 Å². The molecular weight excluding hydrogens is 313 g/mol. The first-order valence-corrected chi connectivity index (χ1v) is 6.92. The van der Waals surface area contributed by atoms with Gasteiger partial charge >= 0.3 is 6.18 Å². The van der Waals surface area contributed by atoms with E-state index in [2.05, 4.69) is 9.97 Å². The number of benzene rings is 1. The first kappa shape index (κ1) is 14.9. The highest BCUT2D eigenvalue weighted by atomic mass is 35.5. The van der Waals surface area contributed by atoms with E-state index in [4.69, 9.17) is 16.3 Å². The van der Waals surface area contributed by atoms with Crippen molar-refractivity contribution in [1.29, 1.82) is 0 Å². The normalized spacial score (nSPS) is 11.4. The predicted octanol–water partition coefficient (Wildman–Crippen LogP) is 4.66. The molecule has 0 aliphatic carbocycles. The Hall–Kier alpha value is -1.47. The van der Waals surface area contributed by atoms with Gasteiger partial charge in [-0.2, -0.15) is 18.2 Å². The standard InChI is InChI=1S/C12H8ClF3N2OS/c1-20-8-4-2-7(3-5-8)19-10-6-9(12(14,15)16)17-11(13)18-10/h2-6H,1H3. The average Bonchev–Trinajstić information content (AvgIpc) is 2.38. The van der Waals surface area contributed by atoms with E-state index in [9.17, 15) is 13.2 Å². The van der Waals surface area contributed by atoms with Crippen molar-refractivity contribution in [3.05, 3.63) is 41.3 Å². The Kier molecular flexibility index (Phi) is 4.39. The summed E-state index contributed by atoms with van der Waals surface area (Å²) in [6.07, 6.45) is -2.69. The molecule has 1 aromatic carbocycles. The second-order valence-electron chi connectivity index (χ2n) is 3.64. The molecule has 0 unspecified atom stereocenters. The fourth-order valence-electron chi connectivity index (χ4n) is 1.36. The third kappa shape index (κ3) is 3.77. The molecule has 1 heterocycles. The van der Waals surface area contributed by atoms with Crippen LogP contribution in [0.15, 0.2) is 35.2 Å². The van der Waals surface area contributed by atoms with E-state index in [1.54, 1.807) is 36.0 Å². The van der Waals surface area contributed by atoms with E-state index in [0.717, 1.165) is 4.90 Å². The van der Waals surface area contributed by atoms with Gasteiger partial charge in [0.25, 0.3) is 0 Å². The molecule has 0 aliphatic rings. The molecule has 0 saturated heterocycles. The van der Waals surface area contributed by atoms with Crippen LogP contribution in [0, 0.1) is 0 Å². The molecule has 0 bridgehead atoms. The molecule has 0 amide bonds. The zero-order chi connectivity index (χ0) is 14.8. The van der Waals surface area contributed by atoms with Gasteiger partial charge in [-0.1, -0.05) is 0 Å². The van der Waals surface area contributed by atoms with Gasteiger partial charge in [0.05, 0.1) is 0 Å². The van der Waals surface area contributed by atoms with Gasteiger partial charge < -0.3 is 4.74 Å². The molecule has 20 heavy (non-hydrogen) atoms. The van der Waals surface area contributed by atoms with Gasteiger partial charge in [0.15, 0.2) is 5.69 Å². The molecule has 2 aromatic rings. The Balaban J connectivity index is 2.26. The lowest BCUT2D eigenvalue weighted by atomic mass is 10.3. The molecule has 1 aromatic heterocycles. The van der Waals surface area contributed by atoms with Gasteiger partial charge in [-0.15, -0.1) is 11.8 Å². The Morgan fingerprint density at radius 1 is 1.15 bits per heavy atom. The lowest BCUT2D eigenvalue weighted by Crippen LogP contribution is -2.09. The number of alkyl halides is 3. The SMILES string of the molecule is CSc1ccc(Oc2cc(C(F)(F)F)nc(Cl)n2)cc1. The van der Waals surface area contributed by atoms with Crippen LogP contribution < -0.4 is 4.74 Å². The Bertz CT molecular complexity index is 605. The van der Waals surface area contributed by atoms with Crippen LogP contribution in [-0.4, -0.2) is 16.2 Å². The Morgan fingerprint density at radius 3 is 2.35 bits per heavy atom. The van der Waals surface area contributed by atoms with Crippen molar-refractivity contribution in [2.45, 2.75) is 11.1 Å². The zero-order valence-electron chi connectivity index (χ0n) is 10.1. The third-order valence-corrected chi connectivity index (χ3v) is 3.16. The van der Waals surface area contributed by atoms with Gasteiger partial charge in [0, 0.05) is 11.0 Å². The number of rotatable bonds is 3. The van der Waals surface area contributed by atoms with Crippen LogP contribution >= 0.6 is 23.4 Å². The predicted molar refractivity (Wildman–Crippen MR) is 70.3 cm³/mol. The molecule has 0 aliphatic heterocycles. The highest BCUT2D eigenvalue weighted by molar-refractivity contribution is 7.98. The van der Waals surface area contributed by atoms with Gasteiger partial charge in [-0.3, -0.25) is 0 Å². The molecule has 3 nitrogen and oxygen atoms in total. The lowest BCUT2D eigenvalue weighted by molar-refractivity contribution is -0.141. The molecule has 0 fully saturated rings. The minimum Gasteiger partial charge on any atom is -0.439 e. The van der Waals surface area contributed by atoms with Crippen LogP contribution in [0.3, 0.4) is 0 Å². The summed E-state index contributed by atoms with van der Waals surface area (Å²) in [4.78, 5) is 7.74. The van der Waals surface area contributed by atoms with Crippen molar-refractivity contribution in [3.8, 4) is 11.6 Å². The van der Waals surface area contributed by atoms with E-state index in [1.807, 2.05) is 6.26 Å². The number of halogens is 4. The number of aromatic nitrogens is 2. The quantitative estimate of drug-likeness (QED) is 0.608. The van der Waals surface area contributed by atoms with Crippen LogP contribution in [0.2, 0.25) is 5.28 Å². The summed E-state index contributed by atoms with van der Waals surface area (Å²) in [6.45, 7) is 0. The zero-order valence-corrected chi connectivity index (χ0v) is 11.7. The van der Waals surface area contributed by atoms with E-state index in [1.165, 1.54) is 0 Å². The van der Waals surface area contributed by atoms with E-state index in [0.29, 0.717) is 11.8 Å². The van der Waals surface area contributed by atoms with Crippen molar-refractivity contribution in [2.24, 2.45) is 0 Å². The number of thioether (sulfide) groups is 1.